The number of hydrazone groups is 1. The van der Waals surface area contributed by atoms with Crippen LogP contribution in [0.1, 0.15) is 23.7 Å². The van der Waals surface area contributed by atoms with Crippen LogP contribution < -0.4 is 4.90 Å². The predicted molar refractivity (Wildman–Crippen MR) is 117 cm³/mol. The van der Waals surface area contributed by atoms with Crippen molar-refractivity contribution in [1.82, 2.24) is 29.7 Å². The molecular formula is C22H18F6N8O. The molecule has 9 nitrogen and oxygen atoms in total. The fourth-order valence-electron chi connectivity index (χ4n) is 4.22. The van der Waals surface area contributed by atoms with E-state index in [-0.39, 0.29) is 44.1 Å². The van der Waals surface area contributed by atoms with Crippen molar-refractivity contribution in [3.05, 3.63) is 65.4 Å². The highest BCUT2D eigenvalue weighted by Gasteiger charge is 2.37. The fourth-order valence-corrected chi connectivity index (χ4v) is 4.22. The Labute approximate surface area is 205 Å². The molecule has 0 saturated carbocycles. The molecule has 1 aromatic carbocycles. The van der Waals surface area contributed by atoms with Crippen LogP contribution in [0.3, 0.4) is 0 Å². The molecule has 2 amide bonds. The molecule has 15 heteroatoms. The number of piperazine rings is 1. The Bertz CT molecular complexity index is 1330. The number of anilines is 1. The molecule has 194 valence electrons. The van der Waals surface area contributed by atoms with Crippen molar-refractivity contribution in [2.45, 2.75) is 18.6 Å². The second-order valence-electron chi connectivity index (χ2n) is 8.32. The van der Waals surface area contributed by atoms with Crippen molar-refractivity contribution in [1.29, 1.82) is 0 Å². The molecule has 0 radical (unpaired) electrons. The molecule has 1 fully saturated rings. The molecule has 0 N–H and O–H groups in total. The minimum Gasteiger partial charge on any atom is -0.337 e. The largest absolute Gasteiger partial charge is 0.433 e. The van der Waals surface area contributed by atoms with Crippen LogP contribution in [0.2, 0.25) is 0 Å². The first-order chi connectivity index (χ1) is 17.6. The van der Waals surface area contributed by atoms with Crippen molar-refractivity contribution in [3.63, 3.8) is 0 Å². The third-order valence-electron chi connectivity index (χ3n) is 5.98. The summed E-state index contributed by atoms with van der Waals surface area (Å²) in [6.45, 7) is 0.721. The highest BCUT2D eigenvalue weighted by Crippen LogP contribution is 2.32. The van der Waals surface area contributed by atoms with Gasteiger partial charge in [0.05, 0.1) is 18.4 Å². The molecule has 3 aromatic rings. The molecule has 5 rings (SSSR count). The van der Waals surface area contributed by atoms with Gasteiger partial charge in [0, 0.05) is 44.9 Å². The number of urea groups is 1. The third-order valence-corrected chi connectivity index (χ3v) is 5.98. The number of hydrogen-bond acceptors (Lipinski definition) is 6. The lowest BCUT2D eigenvalue weighted by Crippen LogP contribution is -2.52. The molecular weight excluding hydrogens is 506 g/mol. The summed E-state index contributed by atoms with van der Waals surface area (Å²) in [4.78, 5) is 24.0. The van der Waals surface area contributed by atoms with Gasteiger partial charge in [-0.25, -0.2) is 32.6 Å². The quantitative estimate of drug-likeness (QED) is 0.488. The summed E-state index contributed by atoms with van der Waals surface area (Å²) in [5.41, 5.74) is -0.920. The Kier molecular flexibility index (Phi) is 6.21. The number of halogens is 6. The fraction of sp³-hybridized carbons (Fsp3) is 0.318. The summed E-state index contributed by atoms with van der Waals surface area (Å²) in [7, 11) is 0. The van der Waals surface area contributed by atoms with E-state index in [1.54, 1.807) is 4.90 Å². The molecule has 1 atom stereocenters. The maximum absolute atomic E-state index is 14.3. The second kappa shape index (κ2) is 9.37. The van der Waals surface area contributed by atoms with Gasteiger partial charge in [0.2, 0.25) is 5.95 Å². The van der Waals surface area contributed by atoms with Crippen molar-refractivity contribution >= 4 is 18.2 Å². The van der Waals surface area contributed by atoms with E-state index in [1.165, 1.54) is 11.1 Å². The maximum Gasteiger partial charge on any atom is 0.433 e. The van der Waals surface area contributed by atoms with Gasteiger partial charge in [-0.2, -0.15) is 28.4 Å². The molecule has 0 aliphatic carbocycles. The van der Waals surface area contributed by atoms with Gasteiger partial charge in [-0.3, -0.25) is 0 Å². The smallest absolute Gasteiger partial charge is 0.337 e. The number of amides is 2. The van der Waals surface area contributed by atoms with Crippen LogP contribution in [-0.2, 0) is 6.18 Å². The van der Waals surface area contributed by atoms with Gasteiger partial charge in [-0.05, 0) is 23.8 Å². The van der Waals surface area contributed by atoms with Crippen LogP contribution in [0, 0.1) is 17.5 Å². The molecule has 1 unspecified atom stereocenters. The monoisotopic (exact) mass is 524 g/mol. The summed E-state index contributed by atoms with van der Waals surface area (Å²) >= 11 is 0. The molecule has 2 aliphatic rings. The van der Waals surface area contributed by atoms with E-state index in [0.717, 1.165) is 35.6 Å². The van der Waals surface area contributed by atoms with Crippen LogP contribution in [0.25, 0.3) is 5.82 Å². The van der Waals surface area contributed by atoms with Gasteiger partial charge in [-0.1, -0.05) is 0 Å². The van der Waals surface area contributed by atoms with Crippen molar-refractivity contribution in [2.75, 3.05) is 31.1 Å². The number of carbonyl (C=O) groups excluding carboxylic acids is 1. The van der Waals surface area contributed by atoms with E-state index in [1.807, 2.05) is 0 Å². The Morgan fingerprint density at radius 2 is 1.70 bits per heavy atom. The van der Waals surface area contributed by atoms with Gasteiger partial charge in [-0.15, -0.1) is 0 Å². The predicted octanol–water partition coefficient (Wildman–Crippen LogP) is 3.77. The molecule has 1 saturated heterocycles. The number of carbonyl (C=O) groups is 1. The van der Waals surface area contributed by atoms with E-state index >= 15 is 0 Å². The number of aromatic nitrogens is 4. The molecule has 4 heterocycles. The van der Waals surface area contributed by atoms with Crippen LogP contribution in [-0.4, -0.2) is 68.1 Å². The topological polar surface area (TPSA) is 82.8 Å². The summed E-state index contributed by atoms with van der Waals surface area (Å²) in [6, 6.07) is 2.59. The number of alkyl halides is 3. The van der Waals surface area contributed by atoms with Crippen molar-refractivity contribution in [3.8, 4) is 5.82 Å². The first kappa shape index (κ1) is 24.5. The number of hydrogen-bond donors (Lipinski definition) is 0. The average molecular weight is 524 g/mol. The third kappa shape index (κ3) is 4.80. The lowest BCUT2D eigenvalue weighted by Gasteiger charge is -2.37. The molecule has 37 heavy (non-hydrogen) atoms. The van der Waals surface area contributed by atoms with Crippen LogP contribution in [0.4, 0.5) is 37.1 Å². The van der Waals surface area contributed by atoms with Gasteiger partial charge in [0.25, 0.3) is 0 Å². The number of rotatable bonds is 3. The van der Waals surface area contributed by atoms with E-state index in [4.69, 9.17) is 0 Å². The Morgan fingerprint density at radius 3 is 2.38 bits per heavy atom. The minimum absolute atomic E-state index is 0.0283. The van der Waals surface area contributed by atoms with Gasteiger partial charge in [0.15, 0.2) is 11.6 Å². The summed E-state index contributed by atoms with van der Waals surface area (Å²) < 4.78 is 81.9. The zero-order valence-corrected chi connectivity index (χ0v) is 18.9. The molecule has 0 bridgehead atoms. The molecule has 2 aromatic heterocycles. The van der Waals surface area contributed by atoms with Crippen molar-refractivity contribution < 1.29 is 31.1 Å². The highest BCUT2D eigenvalue weighted by molar-refractivity contribution is 5.78. The lowest BCUT2D eigenvalue weighted by molar-refractivity contribution is -0.142. The summed E-state index contributed by atoms with van der Waals surface area (Å²) in [6.07, 6.45) is -1.35. The van der Waals surface area contributed by atoms with E-state index in [2.05, 4.69) is 20.2 Å². The zero-order chi connectivity index (χ0) is 26.3. The number of benzene rings is 1. The van der Waals surface area contributed by atoms with Gasteiger partial charge >= 0.3 is 12.2 Å². The maximum atomic E-state index is 14.3. The van der Waals surface area contributed by atoms with Crippen molar-refractivity contribution in [2.24, 2.45) is 5.10 Å². The Hall–Kier alpha value is -4.17. The Balaban J connectivity index is 1.29. The van der Waals surface area contributed by atoms with E-state index in [0.29, 0.717) is 10.7 Å². The summed E-state index contributed by atoms with van der Waals surface area (Å²) in [5.74, 6) is -3.30. The first-order valence-corrected chi connectivity index (χ1v) is 11.1. The number of nitrogens with zero attached hydrogens (tertiary/aromatic N) is 8. The second-order valence-corrected chi connectivity index (χ2v) is 8.32. The normalized spacial score (nSPS) is 18.1. The van der Waals surface area contributed by atoms with E-state index < -0.39 is 47.2 Å². The zero-order valence-electron chi connectivity index (χ0n) is 18.9. The standard InChI is InChI=1S/C22H18F6N8O/c23-14-9-13(10-15(24)11-14)17-1-3-30-35(17)21(37)34-7-5-33(6-8-34)20-29-12-16(25)19(32-20)36-18(2-4-31-36)22(26,27)28/h2-4,9-12,17H,1,5-8H2. The van der Waals surface area contributed by atoms with Crippen LogP contribution in [0.5, 0.6) is 0 Å². The van der Waals surface area contributed by atoms with Crippen LogP contribution in [0.15, 0.2) is 41.8 Å². The average Bonchev–Trinajstić information content (AvgIpc) is 3.54. The highest BCUT2D eigenvalue weighted by atomic mass is 19.4. The van der Waals surface area contributed by atoms with Gasteiger partial charge < -0.3 is 9.80 Å². The molecule has 2 aliphatic heterocycles. The van der Waals surface area contributed by atoms with Crippen LogP contribution >= 0.6 is 0 Å². The SMILES string of the molecule is O=C(N1CCN(c2ncc(F)c(-n3nccc3C(F)(F)F)n2)CC1)N1N=CCC1c1cc(F)cc(F)c1. The van der Waals surface area contributed by atoms with Gasteiger partial charge in [0.1, 0.15) is 17.3 Å². The lowest BCUT2D eigenvalue weighted by atomic mass is 10.0. The Morgan fingerprint density at radius 1 is 1.00 bits per heavy atom. The molecule has 0 spiro atoms. The summed E-state index contributed by atoms with van der Waals surface area (Å²) in [5, 5.41) is 8.78. The first-order valence-electron chi connectivity index (χ1n) is 11.1. The minimum atomic E-state index is -4.77. The van der Waals surface area contributed by atoms with E-state index in [9.17, 15) is 31.1 Å².